The number of aromatic nitrogens is 3. The molecule has 0 radical (unpaired) electrons. The van der Waals surface area contributed by atoms with Crippen molar-refractivity contribution in [3.05, 3.63) is 81.2 Å². The standard InChI is InChI=1S/C23H23FN4OS/c1-15-13-22-25-16(2)21(17(3)28(22)26-15)10-11-23(29)27(14-20-5-4-12-30-20)19-8-6-18(24)7-9-19/h4-9,12-13H,10-11,14H2,1-3H3. The van der Waals surface area contributed by atoms with Gasteiger partial charge in [-0.1, -0.05) is 6.07 Å². The fraction of sp³-hybridized carbons (Fsp3) is 0.261. The molecule has 1 aromatic carbocycles. The summed E-state index contributed by atoms with van der Waals surface area (Å²) in [5, 5.41) is 6.50. The normalized spacial score (nSPS) is 11.2. The molecular weight excluding hydrogens is 399 g/mol. The molecule has 30 heavy (non-hydrogen) atoms. The van der Waals surface area contributed by atoms with Crippen LogP contribution in [0.5, 0.6) is 0 Å². The van der Waals surface area contributed by atoms with Crippen LogP contribution in [0.1, 0.15) is 33.9 Å². The Morgan fingerprint density at radius 3 is 2.63 bits per heavy atom. The lowest BCUT2D eigenvalue weighted by molar-refractivity contribution is -0.118. The van der Waals surface area contributed by atoms with Crippen molar-refractivity contribution in [1.82, 2.24) is 14.6 Å². The quantitative estimate of drug-likeness (QED) is 0.438. The molecule has 1 amide bonds. The molecule has 0 N–H and O–H groups in total. The van der Waals surface area contributed by atoms with Gasteiger partial charge >= 0.3 is 0 Å². The van der Waals surface area contributed by atoms with Gasteiger partial charge in [0.25, 0.3) is 0 Å². The number of halogens is 1. The molecule has 0 atom stereocenters. The Kier molecular flexibility index (Phi) is 5.63. The average molecular weight is 423 g/mol. The van der Waals surface area contributed by atoms with E-state index in [1.54, 1.807) is 28.4 Å². The second kappa shape index (κ2) is 8.36. The molecule has 0 spiro atoms. The topological polar surface area (TPSA) is 50.5 Å². The maximum Gasteiger partial charge on any atom is 0.227 e. The van der Waals surface area contributed by atoms with E-state index in [4.69, 9.17) is 0 Å². The Labute approximate surface area is 178 Å². The van der Waals surface area contributed by atoms with Gasteiger partial charge in [-0.15, -0.1) is 11.3 Å². The summed E-state index contributed by atoms with van der Waals surface area (Å²) >= 11 is 1.60. The van der Waals surface area contributed by atoms with Crippen LogP contribution in [0.15, 0.2) is 47.8 Å². The highest BCUT2D eigenvalue weighted by Gasteiger charge is 2.19. The molecule has 0 aliphatic heterocycles. The van der Waals surface area contributed by atoms with Crippen LogP contribution in [0.25, 0.3) is 5.65 Å². The van der Waals surface area contributed by atoms with Gasteiger partial charge in [0.2, 0.25) is 5.91 Å². The summed E-state index contributed by atoms with van der Waals surface area (Å²) in [7, 11) is 0. The number of benzene rings is 1. The second-order valence-corrected chi connectivity index (χ2v) is 8.38. The molecule has 7 heteroatoms. The first-order chi connectivity index (χ1) is 14.4. The van der Waals surface area contributed by atoms with Gasteiger partial charge in [0, 0.05) is 34.4 Å². The third-order valence-corrected chi connectivity index (χ3v) is 6.07. The first kappa shape index (κ1) is 20.2. The van der Waals surface area contributed by atoms with Crippen molar-refractivity contribution in [3.8, 4) is 0 Å². The number of aryl methyl sites for hydroxylation is 3. The lowest BCUT2D eigenvalue weighted by Gasteiger charge is -2.23. The highest BCUT2D eigenvalue weighted by atomic mass is 32.1. The van der Waals surface area contributed by atoms with Crippen molar-refractivity contribution in [2.75, 3.05) is 4.90 Å². The highest BCUT2D eigenvalue weighted by molar-refractivity contribution is 7.09. The van der Waals surface area contributed by atoms with E-state index in [-0.39, 0.29) is 11.7 Å². The van der Waals surface area contributed by atoms with E-state index in [9.17, 15) is 9.18 Å². The first-order valence-corrected chi connectivity index (χ1v) is 10.7. The zero-order valence-electron chi connectivity index (χ0n) is 17.2. The predicted octanol–water partition coefficient (Wildman–Crippen LogP) is 5.02. The Morgan fingerprint density at radius 1 is 1.17 bits per heavy atom. The largest absolute Gasteiger partial charge is 0.307 e. The number of fused-ring (bicyclic) bond motifs is 1. The summed E-state index contributed by atoms with van der Waals surface area (Å²) in [5.74, 6) is -0.326. The van der Waals surface area contributed by atoms with Gasteiger partial charge in [0.1, 0.15) is 5.82 Å². The van der Waals surface area contributed by atoms with Crippen molar-refractivity contribution in [1.29, 1.82) is 0 Å². The molecule has 0 unspecified atom stereocenters. The van der Waals surface area contributed by atoms with Gasteiger partial charge < -0.3 is 4.90 Å². The summed E-state index contributed by atoms with van der Waals surface area (Å²) in [6.45, 7) is 6.39. The van der Waals surface area contributed by atoms with Crippen LogP contribution in [0, 0.1) is 26.6 Å². The van der Waals surface area contributed by atoms with E-state index in [1.165, 1.54) is 12.1 Å². The predicted molar refractivity (Wildman–Crippen MR) is 117 cm³/mol. The minimum atomic E-state index is -0.317. The number of rotatable bonds is 6. The molecule has 4 rings (SSSR count). The molecule has 5 nitrogen and oxygen atoms in total. The number of carbonyl (C=O) groups is 1. The number of thiophene rings is 1. The van der Waals surface area contributed by atoms with E-state index in [1.807, 2.05) is 48.9 Å². The van der Waals surface area contributed by atoms with Crippen molar-refractivity contribution in [2.24, 2.45) is 0 Å². The number of carbonyl (C=O) groups excluding carboxylic acids is 1. The minimum absolute atomic E-state index is 0.00875. The zero-order chi connectivity index (χ0) is 21.3. The fourth-order valence-electron chi connectivity index (χ4n) is 3.67. The van der Waals surface area contributed by atoms with Crippen LogP contribution in [-0.2, 0) is 17.8 Å². The van der Waals surface area contributed by atoms with Gasteiger partial charge in [0.15, 0.2) is 5.65 Å². The fourth-order valence-corrected chi connectivity index (χ4v) is 4.37. The van der Waals surface area contributed by atoms with Gasteiger partial charge in [-0.3, -0.25) is 4.79 Å². The van der Waals surface area contributed by atoms with Gasteiger partial charge in [-0.2, -0.15) is 5.10 Å². The van der Waals surface area contributed by atoms with Crippen LogP contribution in [0.3, 0.4) is 0 Å². The smallest absolute Gasteiger partial charge is 0.227 e. The summed E-state index contributed by atoms with van der Waals surface area (Å²) in [5.41, 5.74) is 5.39. The van der Waals surface area contributed by atoms with E-state index >= 15 is 0 Å². The minimum Gasteiger partial charge on any atom is -0.307 e. The lowest BCUT2D eigenvalue weighted by Crippen LogP contribution is -2.30. The molecule has 0 aliphatic rings. The van der Waals surface area contributed by atoms with Gasteiger partial charge in [-0.25, -0.2) is 13.9 Å². The van der Waals surface area contributed by atoms with Gasteiger partial charge in [-0.05, 0) is 68.5 Å². The number of hydrogen-bond acceptors (Lipinski definition) is 4. The van der Waals surface area contributed by atoms with Gasteiger partial charge in [0.05, 0.1) is 12.2 Å². The number of hydrogen-bond donors (Lipinski definition) is 0. The van der Waals surface area contributed by atoms with Crippen molar-refractivity contribution < 1.29 is 9.18 Å². The van der Waals surface area contributed by atoms with Crippen LogP contribution in [-0.4, -0.2) is 20.5 Å². The highest BCUT2D eigenvalue weighted by Crippen LogP contribution is 2.23. The third-order valence-electron chi connectivity index (χ3n) is 5.21. The number of nitrogens with zero attached hydrogens (tertiary/aromatic N) is 4. The first-order valence-electron chi connectivity index (χ1n) is 9.83. The molecule has 0 bridgehead atoms. The Balaban J connectivity index is 1.58. The van der Waals surface area contributed by atoms with Crippen LogP contribution in [0.4, 0.5) is 10.1 Å². The molecule has 0 saturated carbocycles. The Bertz CT molecular complexity index is 1180. The molecule has 0 saturated heterocycles. The average Bonchev–Trinajstić information content (AvgIpc) is 3.35. The lowest BCUT2D eigenvalue weighted by atomic mass is 10.1. The second-order valence-electron chi connectivity index (χ2n) is 7.35. The SMILES string of the molecule is Cc1cc2nc(C)c(CCC(=O)N(Cc3cccs3)c3ccc(F)cc3)c(C)n2n1. The maximum atomic E-state index is 13.4. The van der Waals surface area contributed by atoms with Crippen molar-refractivity contribution in [2.45, 2.75) is 40.2 Å². The van der Waals surface area contributed by atoms with E-state index < -0.39 is 0 Å². The molecule has 3 aromatic heterocycles. The van der Waals surface area contributed by atoms with Crippen LogP contribution >= 0.6 is 11.3 Å². The molecule has 0 aliphatic carbocycles. The van der Waals surface area contributed by atoms with Crippen molar-refractivity contribution >= 4 is 28.6 Å². The van der Waals surface area contributed by atoms with E-state index in [0.29, 0.717) is 25.1 Å². The Hall–Kier alpha value is -3.06. The molecule has 0 fully saturated rings. The summed E-state index contributed by atoms with van der Waals surface area (Å²) in [4.78, 5) is 20.7. The van der Waals surface area contributed by atoms with Crippen molar-refractivity contribution in [3.63, 3.8) is 0 Å². The van der Waals surface area contributed by atoms with E-state index in [2.05, 4.69) is 10.1 Å². The Morgan fingerprint density at radius 2 is 1.93 bits per heavy atom. The summed E-state index contributed by atoms with van der Waals surface area (Å²) < 4.78 is 15.2. The molecule has 154 valence electrons. The van der Waals surface area contributed by atoms with E-state index in [0.717, 1.165) is 33.2 Å². The third kappa shape index (κ3) is 4.11. The number of amides is 1. The monoisotopic (exact) mass is 422 g/mol. The zero-order valence-corrected chi connectivity index (χ0v) is 18.0. The molecular formula is C23H23FN4OS. The number of anilines is 1. The molecule has 3 heterocycles. The summed E-state index contributed by atoms with van der Waals surface area (Å²) in [6, 6.07) is 12.0. The summed E-state index contributed by atoms with van der Waals surface area (Å²) in [6.07, 6.45) is 0.901. The van der Waals surface area contributed by atoms with Crippen LogP contribution < -0.4 is 4.90 Å². The maximum absolute atomic E-state index is 13.4. The van der Waals surface area contributed by atoms with Crippen LogP contribution in [0.2, 0.25) is 0 Å². The molecule has 4 aromatic rings.